The van der Waals surface area contributed by atoms with Crippen molar-refractivity contribution in [2.45, 2.75) is 25.7 Å². The molecule has 3 rings (SSSR count). The van der Waals surface area contributed by atoms with Crippen LogP contribution in [-0.4, -0.2) is 0 Å². The third-order valence-electron chi connectivity index (χ3n) is 4.96. The summed E-state index contributed by atoms with van der Waals surface area (Å²) in [4.78, 5) is 0.984. The molecule has 5 heteroatoms. The predicted molar refractivity (Wildman–Crippen MR) is 87.5 cm³/mol. The van der Waals surface area contributed by atoms with E-state index in [0.717, 1.165) is 23.3 Å². The van der Waals surface area contributed by atoms with Crippen molar-refractivity contribution in [2.75, 3.05) is 0 Å². The molecule has 1 unspecified atom stereocenters. The van der Waals surface area contributed by atoms with Gasteiger partial charge in [0.05, 0.1) is 23.4 Å². The van der Waals surface area contributed by atoms with Crippen LogP contribution in [0.3, 0.4) is 0 Å². The Morgan fingerprint density at radius 2 is 2.04 bits per heavy atom. The topological polar surface area (TPSA) is 97.4 Å². The van der Waals surface area contributed by atoms with E-state index in [9.17, 15) is 15.8 Å². The first-order chi connectivity index (χ1) is 11.1. The molecule has 1 aromatic heterocycles. The van der Waals surface area contributed by atoms with Crippen LogP contribution in [0, 0.1) is 51.2 Å². The molecule has 3 atom stereocenters. The Balaban J connectivity index is 2.33. The highest BCUT2D eigenvalue weighted by atomic mass is 32.1. The average Bonchev–Trinajstić information content (AvgIpc) is 3.08. The van der Waals surface area contributed by atoms with Gasteiger partial charge in [-0.2, -0.15) is 15.8 Å². The van der Waals surface area contributed by atoms with Gasteiger partial charge >= 0.3 is 0 Å². The Morgan fingerprint density at radius 1 is 1.30 bits per heavy atom. The average molecular weight is 320 g/mol. The van der Waals surface area contributed by atoms with Crippen molar-refractivity contribution in [3.8, 4) is 18.2 Å². The number of hydrogen-bond acceptors (Lipinski definition) is 5. The van der Waals surface area contributed by atoms with E-state index in [2.05, 4.69) is 31.2 Å². The second-order valence-electron chi connectivity index (χ2n) is 6.27. The Morgan fingerprint density at radius 3 is 2.61 bits per heavy atom. The van der Waals surface area contributed by atoms with E-state index in [-0.39, 0.29) is 17.5 Å². The molecule has 0 saturated heterocycles. The van der Waals surface area contributed by atoms with Crippen molar-refractivity contribution < 1.29 is 0 Å². The fourth-order valence-corrected chi connectivity index (χ4v) is 4.81. The van der Waals surface area contributed by atoms with Crippen LogP contribution in [0.15, 0.2) is 40.4 Å². The number of nitrogens with zero attached hydrogens (tertiary/aromatic N) is 3. The molecule has 0 spiro atoms. The molecule has 4 nitrogen and oxygen atoms in total. The van der Waals surface area contributed by atoms with Crippen LogP contribution < -0.4 is 5.73 Å². The summed E-state index contributed by atoms with van der Waals surface area (Å²) in [6.07, 6.45) is 3.83. The summed E-state index contributed by atoms with van der Waals surface area (Å²) in [7, 11) is 0. The lowest BCUT2D eigenvalue weighted by Gasteiger charge is -2.43. The van der Waals surface area contributed by atoms with Gasteiger partial charge < -0.3 is 5.73 Å². The quantitative estimate of drug-likeness (QED) is 0.855. The molecule has 1 aromatic rings. The summed E-state index contributed by atoms with van der Waals surface area (Å²) >= 11 is 1.54. The molecule has 1 heterocycles. The predicted octanol–water partition coefficient (Wildman–Crippen LogP) is 3.59. The monoisotopic (exact) mass is 320 g/mol. The molecule has 2 aliphatic rings. The molecule has 0 amide bonds. The van der Waals surface area contributed by atoms with Crippen LogP contribution in [0.4, 0.5) is 0 Å². The second kappa shape index (κ2) is 5.58. The minimum absolute atomic E-state index is 0.0151. The van der Waals surface area contributed by atoms with E-state index in [1.54, 1.807) is 0 Å². The number of rotatable bonds is 1. The van der Waals surface area contributed by atoms with Crippen LogP contribution in [-0.2, 0) is 0 Å². The van der Waals surface area contributed by atoms with E-state index in [1.165, 1.54) is 11.3 Å². The number of nitrogens with two attached hydrogens (primary N) is 1. The maximum atomic E-state index is 9.84. The molecule has 0 bridgehead atoms. The first kappa shape index (κ1) is 15.3. The Hall–Kier alpha value is -2.55. The Labute approximate surface area is 139 Å². The van der Waals surface area contributed by atoms with E-state index in [0.29, 0.717) is 11.5 Å². The summed E-state index contributed by atoms with van der Waals surface area (Å²) < 4.78 is 0. The van der Waals surface area contributed by atoms with Crippen molar-refractivity contribution in [3.63, 3.8) is 0 Å². The number of nitriles is 3. The summed E-state index contributed by atoms with van der Waals surface area (Å²) in [6, 6.07) is 10.3. The third-order valence-corrected chi connectivity index (χ3v) is 5.92. The molecule has 2 aliphatic carbocycles. The molecule has 114 valence electrons. The second-order valence-corrected chi connectivity index (χ2v) is 7.25. The highest BCUT2D eigenvalue weighted by Gasteiger charge is 2.54. The van der Waals surface area contributed by atoms with Gasteiger partial charge in [-0.15, -0.1) is 11.3 Å². The maximum absolute atomic E-state index is 9.84. The van der Waals surface area contributed by atoms with Crippen LogP contribution in [0.25, 0.3) is 0 Å². The summed E-state index contributed by atoms with van der Waals surface area (Å²) in [5.41, 5.74) is 6.09. The Bertz CT molecular complexity index is 797. The van der Waals surface area contributed by atoms with Crippen molar-refractivity contribution in [1.29, 1.82) is 15.8 Å². The lowest BCUT2D eigenvalue weighted by molar-refractivity contribution is 0.287. The van der Waals surface area contributed by atoms with Crippen LogP contribution in [0.1, 0.15) is 30.6 Å². The highest BCUT2D eigenvalue weighted by molar-refractivity contribution is 7.10. The third kappa shape index (κ3) is 2.07. The first-order valence-corrected chi connectivity index (χ1v) is 8.43. The van der Waals surface area contributed by atoms with Crippen LogP contribution in [0.5, 0.6) is 0 Å². The van der Waals surface area contributed by atoms with Gasteiger partial charge in [0.15, 0.2) is 5.41 Å². The minimum atomic E-state index is -1.48. The smallest absolute Gasteiger partial charge is 0.192 e. The number of fused-ring (bicyclic) bond motifs is 1. The van der Waals surface area contributed by atoms with Gasteiger partial charge in [0.1, 0.15) is 6.07 Å². The van der Waals surface area contributed by atoms with Crippen molar-refractivity contribution in [3.05, 3.63) is 45.3 Å². The summed E-state index contributed by atoms with van der Waals surface area (Å²) in [5.74, 6) is 0.128. The zero-order valence-electron chi connectivity index (χ0n) is 12.8. The van der Waals surface area contributed by atoms with E-state index in [4.69, 9.17) is 5.73 Å². The van der Waals surface area contributed by atoms with Crippen LogP contribution in [0.2, 0.25) is 0 Å². The number of allylic oxidation sites excluding steroid dienone is 4. The maximum Gasteiger partial charge on any atom is 0.192 e. The van der Waals surface area contributed by atoms with Gasteiger partial charge in [0, 0.05) is 10.8 Å². The largest absolute Gasteiger partial charge is 0.399 e. The fourth-order valence-electron chi connectivity index (χ4n) is 3.85. The molecule has 0 fully saturated rings. The SMILES string of the molecule is CC1CC=C2C(C#N)=C(N)C(C#N)(C#N)[C@@H](c3cccs3)[C@@H]2C1. The Kier molecular flexibility index (Phi) is 3.72. The highest BCUT2D eigenvalue weighted by Crippen LogP contribution is 2.57. The van der Waals surface area contributed by atoms with Gasteiger partial charge in [0.2, 0.25) is 0 Å². The normalized spacial score (nSPS) is 28.8. The molecule has 0 aliphatic heterocycles. The minimum Gasteiger partial charge on any atom is -0.399 e. The summed E-state index contributed by atoms with van der Waals surface area (Å²) in [5, 5.41) is 31.2. The molecule has 23 heavy (non-hydrogen) atoms. The first-order valence-electron chi connectivity index (χ1n) is 7.55. The van der Waals surface area contributed by atoms with Gasteiger partial charge in [0.25, 0.3) is 0 Å². The zero-order valence-corrected chi connectivity index (χ0v) is 13.6. The van der Waals surface area contributed by atoms with Crippen molar-refractivity contribution in [1.82, 2.24) is 0 Å². The van der Waals surface area contributed by atoms with E-state index in [1.807, 2.05) is 17.5 Å². The number of thiophene rings is 1. The van der Waals surface area contributed by atoms with Gasteiger partial charge in [-0.3, -0.25) is 0 Å². The van der Waals surface area contributed by atoms with Crippen molar-refractivity contribution in [2.24, 2.45) is 23.0 Å². The lowest BCUT2D eigenvalue weighted by atomic mass is 9.57. The molecule has 0 saturated carbocycles. The van der Waals surface area contributed by atoms with Gasteiger partial charge in [-0.05, 0) is 41.7 Å². The number of hydrogen-bond donors (Lipinski definition) is 1. The van der Waals surface area contributed by atoms with Crippen LogP contribution >= 0.6 is 11.3 Å². The molecule has 0 aromatic carbocycles. The molecule has 0 radical (unpaired) electrons. The molecular formula is C18H16N4S. The lowest BCUT2D eigenvalue weighted by Crippen LogP contribution is -2.43. The van der Waals surface area contributed by atoms with E-state index < -0.39 is 5.41 Å². The fraction of sp³-hybridized carbons (Fsp3) is 0.389. The molecular weight excluding hydrogens is 304 g/mol. The van der Waals surface area contributed by atoms with Gasteiger partial charge in [-0.1, -0.05) is 19.1 Å². The van der Waals surface area contributed by atoms with Gasteiger partial charge in [-0.25, -0.2) is 0 Å². The van der Waals surface area contributed by atoms with E-state index >= 15 is 0 Å². The zero-order chi connectivity index (χ0) is 16.6. The van der Waals surface area contributed by atoms with Crippen molar-refractivity contribution >= 4 is 11.3 Å². The standard InChI is InChI=1S/C18H16N4S/c1-11-4-5-12-13(7-11)16(15-3-2-6-23-15)18(9-20,10-21)17(22)14(12)8-19/h2-3,5-6,11,13,16H,4,7,22H2,1H3/t11?,13-,16-/m1/s1. The molecule has 2 N–H and O–H groups in total. The summed E-state index contributed by atoms with van der Waals surface area (Å²) in [6.45, 7) is 2.16.